The second-order valence-electron chi connectivity index (χ2n) is 6.33. The number of carboxylic acid groups (broad SMARTS) is 1. The van der Waals surface area contributed by atoms with Crippen LogP contribution in [0.4, 0.5) is 0 Å². The van der Waals surface area contributed by atoms with Crippen molar-refractivity contribution in [1.29, 1.82) is 0 Å². The summed E-state index contributed by atoms with van der Waals surface area (Å²) >= 11 is 0. The first-order valence-corrected chi connectivity index (χ1v) is 8.75. The molecule has 0 aliphatic rings. The van der Waals surface area contributed by atoms with Crippen molar-refractivity contribution in [3.05, 3.63) is 71.3 Å². The lowest BCUT2D eigenvalue weighted by Crippen LogP contribution is -2.43. The highest BCUT2D eigenvalue weighted by atomic mass is 16.4. The number of rotatable bonds is 8. The van der Waals surface area contributed by atoms with Gasteiger partial charge in [-0.15, -0.1) is 0 Å². The van der Waals surface area contributed by atoms with Gasteiger partial charge in [0, 0.05) is 32.5 Å². The molecular formula is C21H24N2O4. The van der Waals surface area contributed by atoms with Crippen molar-refractivity contribution in [3.63, 3.8) is 0 Å². The summed E-state index contributed by atoms with van der Waals surface area (Å²) < 4.78 is 0. The summed E-state index contributed by atoms with van der Waals surface area (Å²) in [5, 5.41) is 12.1. The largest absolute Gasteiger partial charge is 0.480 e. The summed E-state index contributed by atoms with van der Waals surface area (Å²) in [6, 6.07) is 15.4. The van der Waals surface area contributed by atoms with Crippen molar-refractivity contribution in [1.82, 2.24) is 10.2 Å². The Balaban J connectivity index is 2.01. The number of carboxylic acids is 1. The summed E-state index contributed by atoms with van der Waals surface area (Å²) in [7, 11) is 3.08. The zero-order chi connectivity index (χ0) is 19.8. The molecule has 2 amide bonds. The third-order valence-electron chi connectivity index (χ3n) is 4.46. The highest BCUT2D eigenvalue weighted by Gasteiger charge is 2.26. The number of hydrogen-bond acceptors (Lipinski definition) is 3. The number of nitrogens with zero attached hydrogens (tertiary/aromatic N) is 1. The van der Waals surface area contributed by atoms with Crippen LogP contribution in [0.3, 0.4) is 0 Å². The number of likely N-dealkylation sites (N-methyl/N-ethyl adjacent to an activating group) is 1. The van der Waals surface area contributed by atoms with Crippen LogP contribution in [0.1, 0.15) is 27.9 Å². The van der Waals surface area contributed by atoms with Crippen molar-refractivity contribution in [2.45, 2.75) is 25.3 Å². The number of nitrogens with one attached hydrogen (secondary N) is 1. The molecule has 0 aromatic heterocycles. The molecule has 6 nitrogen and oxygen atoms in total. The van der Waals surface area contributed by atoms with Gasteiger partial charge in [-0.05, 0) is 29.7 Å². The molecule has 0 saturated carbocycles. The lowest BCUT2D eigenvalue weighted by molar-refractivity contribution is -0.149. The fourth-order valence-electron chi connectivity index (χ4n) is 2.84. The molecule has 2 aromatic rings. The second kappa shape index (κ2) is 9.52. The monoisotopic (exact) mass is 368 g/mol. The molecule has 0 radical (unpaired) electrons. The molecule has 27 heavy (non-hydrogen) atoms. The molecule has 1 unspecified atom stereocenters. The third-order valence-corrected chi connectivity index (χ3v) is 4.46. The summed E-state index contributed by atoms with van der Waals surface area (Å²) in [6.45, 7) is 0. The molecule has 1 atom stereocenters. The molecule has 0 saturated heterocycles. The van der Waals surface area contributed by atoms with Crippen LogP contribution in [0.25, 0.3) is 0 Å². The maximum absolute atomic E-state index is 12.5. The van der Waals surface area contributed by atoms with Gasteiger partial charge in [0.05, 0.1) is 0 Å². The second-order valence-corrected chi connectivity index (χ2v) is 6.33. The Hall–Kier alpha value is -3.15. The fourth-order valence-corrected chi connectivity index (χ4v) is 2.84. The van der Waals surface area contributed by atoms with E-state index in [9.17, 15) is 19.5 Å². The molecule has 0 aliphatic carbocycles. The van der Waals surface area contributed by atoms with Crippen molar-refractivity contribution in [2.24, 2.45) is 0 Å². The van der Waals surface area contributed by atoms with E-state index in [4.69, 9.17) is 0 Å². The Morgan fingerprint density at radius 1 is 1.04 bits per heavy atom. The minimum Gasteiger partial charge on any atom is -0.480 e. The van der Waals surface area contributed by atoms with E-state index in [0.717, 1.165) is 11.1 Å². The van der Waals surface area contributed by atoms with Crippen LogP contribution < -0.4 is 5.32 Å². The van der Waals surface area contributed by atoms with Crippen LogP contribution in [0.15, 0.2) is 54.6 Å². The van der Waals surface area contributed by atoms with E-state index in [-0.39, 0.29) is 24.7 Å². The highest BCUT2D eigenvalue weighted by Crippen LogP contribution is 2.12. The number of aryl methyl sites for hydroxylation is 1. The SMILES string of the molecule is CNC(=O)c1cccc(CCC(=O)N(C)C(Cc2ccccc2)C(=O)O)c1. The molecule has 2 aromatic carbocycles. The van der Waals surface area contributed by atoms with Crippen LogP contribution in [-0.2, 0) is 22.4 Å². The maximum atomic E-state index is 12.5. The Labute approximate surface area is 158 Å². The van der Waals surface area contributed by atoms with E-state index in [1.165, 1.54) is 11.9 Å². The van der Waals surface area contributed by atoms with Crippen LogP contribution in [-0.4, -0.2) is 47.9 Å². The van der Waals surface area contributed by atoms with Crippen molar-refractivity contribution < 1.29 is 19.5 Å². The molecule has 2 N–H and O–H groups in total. The van der Waals surface area contributed by atoms with Gasteiger partial charge in [-0.1, -0.05) is 42.5 Å². The van der Waals surface area contributed by atoms with Gasteiger partial charge >= 0.3 is 5.97 Å². The van der Waals surface area contributed by atoms with Gasteiger partial charge in [0.2, 0.25) is 5.91 Å². The minimum atomic E-state index is -1.03. The summed E-state index contributed by atoms with van der Waals surface area (Å²) in [5.74, 6) is -1.46. The van der Waals surface area contributed by atoms with Crippen molar-refractivity contribution >= 4 is 17.8 Å². The zero-order valence-corrected chi connectivity index (χ0v) is 15.5. The number of carbonyl (C=O) groups is 3. The van der Waals surface area contributed by atoms with Gasteiger partial charge in [-0.2, -0.15) is 0 Å². The molecular weight excluding hydrogens is 344 g/mol. The van der Waals surface area contributed by atoms with Gasteiger partial charge in [-0.3, -0.25) is 9.59 Å². The standard InChI is InChI=1S/C21H24N2O4/c1-22-20(25)17-10-6-9-16(13-17)11-12-19(24)23(2)18(21(26)27)14-15-7-4-3-5-8-15/h3-10,13,18H,11-12,14H2,1-2H3,(H,22,25)(H,26,27). The van der Waals surface area contributed by atoms with Gasteiger partial charge in [0.25, 0.3) is 5.91 Å². The molecule has 6 heteroatoms. The quantitative estimate of drug-likeness (QED) is 0.747. The van der Waals surface area contributed by atoms with Crippen LogP contribution in [0, 0.1) is 0 Å². The van der Waals surface area contributed by atoms with Gasteiger partial charge in [0.15, 0.2) is 0 Å². The van der Waals surface area contributed by atoms with E-state index < -0.39 is 12.0 Å². The molecule has 0 fully saturated rings. The van der Waals surface area contributed by atoms with E-state index in [0.29, 0.717) is 12.0 Å². The van der Waals surface area contributed by atoms with Gasteiger partial charge in [-0.25, -0.2) is 4.79 Å². The first kappa shape index (κ1) is 20.2. The molecule has 0 aliphatic heterocycles. The van der Waals surface area contributed by atoms with Crippen molar-refractivity contribution in [3.8, 4) is 0 Å². The lowest BCUT2D eigenvalue weighted by atomic mass is 10.0. The smallest absolute Gasteiger partial charge is 0.326 e. The van der Waals surface area contributed by atoms with Crippen LogP contribution in [0.2, 0.25) is 0 Å². The number of benzene rings is 2. The topological polar surface area (TPSA) is 86.7 Å². The molecule has 0 bridgehead atoms. The number of hydrogen-bond donors (Lipinski definition) is 2. The fraction of sp³-hybridized carbons (Fsp3) is 0.286. The Morgan fingerprint density at radius 3 is 2.33 bits per heavy atom. The summed E-state index contributed by atoms with van der Waals surface area (Å²) in [6.07, 6.45) is 0.864. The number of aliphatic carboxylic acids is 1. The minimum absolute atomic E-state index is 0.173. The Morgan fingerprint density at radius 2 is 1.70 bits per heavy atom. The normalized spacial score (nSPS) is 11.5. The van der Waals surface area contributed by atoms with Crippen molar-refractivity contribution in [2.75, 3.05) is 14.1 Å². The maximum Gasteiger partial charge on any atom is 0.326 e. The van der Waals surface area contributed by atoms with E-state index in [1.807, 2.05) is 36.4 Å². The highest BCUT2D eigenvalue weighted by molar-refractivity contribution is 5.94. The Kier molecular flexibility index (Phi) is 7.11. The van der Waals surface area contributed by atoms with Gasteiger partial charge in [0.1, 0.15) is 6.04 Å². The predicted octanol–water partition coefficient (Wildman–Crippen LogP) is 2.13. The zero-order valence-electron chi connectivity index (χ0n) is 15.5. The average Bonchev–Trinajstić information content (AvgIpc) is 2.69. The van der Waals surface area contributed by atoms with Gasteiger partial charge < -0.3 is 15.3 Å². The predicted molar refractivity (Wildman–Crippen MR) is 102 cm³/mol. The summed E-state index contributed by atoms with van der Waals surface area (Å²) in [5.41, 5.74) is 2.25. The number of carbonyl (C=O) groups excluding carboxylic acids is 2. The first-order chi connectivity index (χ1) is 12.9. The van der Waals surface area contributed by atoms with Crippen LogP contribution in [0.5, 0.6) is 0 Å². The average molecular weight is 368 g/mol. The lowest BCUT2D eigenvalue weighted by Gasteiger charge is -2.25. The number of amides is 2. The van der Waals surface area contributed by atoms with E-state index in [2.05, 4.69) is 5.32 Å². The third kappa shape index (κ3) is 5.67. The summed E-state index contributed by atoms with van der Waals surface area (Å²) in [4.78, 5) is 37.1. The van der Waals surface area contributed by atoms with Crippen LogP contribution >= 0.6 is 0 Å². The van der Waals surface area contributed by atoms with E-state index >= 15 is 0 Å². The molecule has 0 heterocycles. The molecule has 0 spiro atoms. The van der Waals surface area contributed by atoms with E-state index in [1.54, 1.807) is 25.2 Å². The molecule has 2 rings (SSSR count). The molecule has 142 valence electrons. The first-order valence-electron chi connectivity index (χ1n) is 8.75. The Bertz CT molecular complexity index is 805.